The predicted molar refractivity (Wildman–Crippen MR) is 94.5 cm³/mol. The van der Waals surface area contributed by atoms with Gasteiger partial charge in [0.05, 0.1) is 17.8 Å². The Hall–Kier alpha value is -2.28. The molecule has 25 heavy (non-hydrogen) atoms. The van der Waals surface area contributed by atoms with Crippen LogP contribution in [0.15, 0.2) is 46.0 Å². The zero-order valence-corrected chi connectivity index (χ0v) is 15.3. The Balaban J connectivity index is 1.79. The summed E-state index contributed by atoms with van der Waals surface area (Å²) in [4.78, 5) is 17.3. The number of carbonyl (C=O) groups is 1. The van der Waals surface area contributed by atoms with Gasteiger partial charge in [0.1, 0.15) is 12.7 Å². The number of carbonyl (C=O) groups excluding carboxylic acids is 1. The quantitative estimate of drug-likeness (QED) is 0.581. The molecule has 1 aliphatic carbocycles. The average Bonchev–Trinajstić information content (AvgIpc) is 3.11. The summed E-state index contributed by atoms with van der Waals surface area (Å²) in [5.74, 6) is 0.995. The van der Waals surface area contributed by atoms with E-state index in [1.165, 1.54) is 12.5 Å². The molecule has 0 bridgehead atoms. The summed E-state index contributed by atoms with van der Waals surface area (Å²) in [7, 11) is 0. The minimum absolute atomic E-state index is 0.0517. The molecule has 7 heteroatoms. The van der Waals surface area contributed by atoms with Crippen molar-refractivity contribution in [1.29, 1.82) is 0 Å². The minimum atomic E-state index is -0.0665. The first-order valence-corrected chi connectivity index (χ1v) is 9.11. The van der Waals surface area contributed by atoms with E-state index < -0.39 is 0 Å². The first kappa shape index (κ1) is 16.2. The molecule has 1 aromatic carbocycles. The Labute approximate surface area is 153 Å². The van der Waals surface area contributed by atoms with Crippen molar-refractivity contribution >= 4 is 21.7 Å². The van der Waals surface area contributed by atoms with Crippen molar-refractivity contribution in [3.8, 4) is 0 Å². The molecular weight excluding hydrogens is 384 g/mol. The third kappa shape index (κ3) is 3.04. The summed E-state index contributed by atoms with van der Waals surface area (Å²) >= 11 is 3.52. The van der Waals surface area contributed by atoms with E-state index in [4.69, 9.17) is 4.52 Å². The molecule has 1 unspecified atom stereocenters. The number of ketones is 1. The Morgan fingerprint density at radius 3 is 2.92 bits per heavy atom. The van der Waals surface area contributed by atoms with Crippen LogP contribution in [0, 0.1) is 0 Å². The third-order valence-electron chi connectivity index (χ3n) is 4.55. The van der Waals surface area contributed by atoms with Crippen LogP contribution >= 0.6 is 15.9 Å². The average molecular weight is 401 g/mol. The number of nitrogens with zero attached hydrogens (tertiary/aromatic N) is 4. The van der Waals surface area contributed by atoms with Crippen molar-refractivity contribution in [1.82, 2.24) is 19.9 Å². The fourth-order valence-electron chi connectivity index (χ4n) is 3.15. The molecule has 2 heterocycles. The fourth-order valence-corrected chi connectivity index (χ4v) is 3.53. The summed E-state index contributed by atoms with van der Waals surface area (Å²) in [6.07, 6.45) is 7.63. The van der Waals surface area contributed by atoms with Crippen molar-refractivity contribution in [2.75, 3.05) is 0 Å². The van der Waals surface area contributed by atoms with E-state index in [9.17, 15) is 4.79 Å². The molecule has 0 radical (unpaired) electrons. The number of rotatable bonds is 6. The van der Waals surface area contributed by atoms with Gasteiger partial charge in [0.2, 0.25) is 0 Å². The van der Waals surface area contributed by atoms with E-state index in [0.29, 0.717) is 22.8 Å². The lowest BCUT2D eigenvalue weighted by Crippen LogP contribution is -2.16. The molecule has 0 aliphatic heterocycles. The number of halogens is 1. The highest BCUT2D eigenvalue weighted by molar-refractivity contribution is 9.10. The molecule has 0 N–H and O–H groups in total. The van der Waals surface area contributed by atoms with Crippen molar-refractivity contribution in [2.24, 2.45) is 0 Å². The van der Waals surface area contributed by atoms with Crippen LogP contribution in [-0.4, -0.2) is 25.7 Å². The monoisotopic (exact) mass is 400 g/mol. The third-order valence-corrected chi connectivity index (χ3v) is 5.04. The van der Waals surface area contributed by atoms with Crippen LogP contribution in [0.5, 0.6) is 0 Å². The molecule has 0 spiro atoms. The highest BCUT2D eigenvalue weighted by Crippen LogP contribution is 2.42. The van der Waals surface area contributed by atoms with E-state index in [1.807, 2.05) is 18.2 Å². The Morgan fingerprint density at radius 2 is 2.24 bits per heavy atom. The van der Waals surface area contributed by atoms with E-state index in [0.717, 1.165) is 29.3 Å². The van der Waals surface area contributed by atoms with Gasteiger partial charge in [-0.2, -0.15) is 5.10 Å². The smallest absolute Gasteiger partial charge is 0.198 e. The lowest BCUT2D eigenvalue weighted by Gasteiger charge is -2.19. The standard InChI is InChI=1S/C18H17BrN4O2/c1-2-16(23-10-20-9-21-23)14-7-12(19)5-6-13(14)17(24)15-8-22-25-18(15)11-3-4-11/h5-11,16H,2-4H2,1H3. The van der Waals surface area contributed by atoms with E-state index in [2.05, 4.69) is 38.1 Å². The van der Waals surface area contributed by atoms with Crippen LogP contribution in [0.1, 0.15) is 65.4 Å². The van der Waals surface area contributed by atoms with E-state index in [-0.39, 0.29) is 11.8 Å². The van der Waals surface area contributed by atoms with Crippen molar-refractivity contribution in [3.05, 3.63) is 64.0 Å². The summed E-state index contributed by atoms with van der Waals surface area (Å²) in [6.45, 7) is 2.07. The second-order valence-corrected chi connectivity index (χ2v) is 7.15. The van der Waals surface area contributed by atoms with Crippen LogP contribution in [0.3, 0.4) is 0 Å². The van der Waals surface area contributed by atoms with Gasteiger partial charge in [-0.25, -0.2) is 9.67 Å². The topological polar surface area (TPSA) is 73.8 Å². The molecule has 1 saturated carbocycles. The van der Waals surface area contributed by atoms with Gasteiger partial charge in [0, 0.05) is 16.0 Å². The maximum absolute atomic E-state index is 13.2. The van der Waals surface area contributed by atoms with Crippen molar-refractivity contribution < 1.29 is 9.32 Å². The first-order chi connectivity index (χ1) is 12.2. The van der Waals surface area contributed by atoms with E-state index in [1.54, 1.807) is 11.0 Å². The lowest BCUT2D eigenvalue weighted by molar-refractivity contribution is 0.103. The largest absolute Gasteiger partial charge is 0.360 e. The van der Waals surface area contributed by atoms with Crippen molar-refractivity contribution in [2.45, 2.75) is 38.1 Å². The van der Waals surface area contributed by atoms with Gasteiger partial charge < -0.3 is 4.52 Å². The number of aromatic nitrogens is 4. The van der Waals surface area contributed by atoms with Crippen LogP contribution in [0.2, 0.25) is 0 Å². The Morgan fingerprint density at radius 1 is 1.40 bits per heavy atom. The SMILES string of the molecule is CCC(c1cc(Br)ccc1C(=O)c1cnoc1C1CC1)n1cncn1. The van der Waals surface area contributed by atoms with Gasteiger partial charge in [-0.05, 0) is 43.0 Å². The highest BCUT2D eigenvalue weighted by atomic mass is 79.9. The molecule has 2 aromatic heterocycles. The van der Waals surface area contributed by atoms with E-state index >= 15 is 0 Å². The van der Waals surface area contributed by atoms with Crippen LogP contribution in [0.4, 0.5) is 0 Å². The Bertz CT molecular complexity index is 900. The Kier molecular flexibility index (Phi) is 4.25. The zero-order chi connectivity index (χ0) is 17.4. The second-order valence-electron chi connectivity index (χ2n) is 6.24. The van der Waals surface area contributed by atoms with Gasteiger partial charge >= 0.3 is 0 Å². The maximum Gasteiger partial charge on any atom is 0.198 e. The predicted octanol–water partition coefficient (Wildman–Crippen LogP) is 4.14. The van der Waals surface area contributed by atoms with Crippen LogP contribution in [0.25, 0.3) is 0 Å². The highest BCUT2D eigenvalue weighted by Gasteiger charge is 2.33. The van der Waals surface area contributed by atoms with Gasteiger partial charge in [0.15, 0.2) is 11.5 Å². The molecule has 3 aromatic rings. The summed E-state index contributed by atoms with van der Waals surface area (Å²) in [5, 5.41) is 8.12. The normalized spacial score (nSPS) is 15.3. The molecule has 1 atom stereocenters. The van der Waals surface area contributed by atoms with Crippen LogP contribution in [-0.2, 0) is 0 Å². The lowest BCUT2D eigenvalue weighted by atomic mass is 9.93. The molecule has 0 saturated heterocycles. The van der Waals surface area contributed by atoms with Crippen molar-refractivity contribution in [3.63, 3.8) is 0 Å². The van der Waals surface area contributed by atoms with Gasteiger partial charge in [-0.3, -0.25) is 4.79 Å². The number of hydrogen-bond acceptors (Lipinski definition) is 5. The molecule has 0 amide bonds. The van der Waals surface area contributed by atoms with Crippen LogP contribution < -0.4 is 0 Å². The summed E-state index contributed by atoms with van der Waals surface area (Å²) < 4.78 is 8.05. The molecule has 6 nitrogen and oxygen atoms in total. The maximum atomic E-state index is 13.2. The minimum Gasteiger partial charge on any atom is -0.360 e. The zero-order valence-electron chi connectivity index (χ0n) is 13.7. The van der Waals surface area contributed by atoms with Gasteiger partial charge in [-0.15, -0.1) is 0 Å². The number of benzene rings is 1. The van der Waals surface area contributed by atoms with Gasteiger partial charge in [0.25, 0.3) is 0 Å². The molecule has 4 rings (SSSR count). The first-order valence-electron chi connectivity index (χ1n) is 8.31. The molecule has 1 aliphatic rings. The molecule has 128 valence electrons. The summed E-state index contributed by atoms with van der Waals surface area (Å²) in [5.41, 5.74) is 2.13. The molecular formula is C18H17BrN4O2. The summed E-state index contributed by atoms with van der Waals surface area (Å²) in [6, 6.07) is 5.65. The second kappa shape index (κ2) is 6.55. The van der Waals surface area contributed by atoms with Gasteiger partial charge in [-0.1, -0.05) is 28.0 Å². The molecule has 1 fully saturated rings. The number of hydrogen-bond donors (Lipinski definition) is 0. The fraction of sp³-hybridized carbons (Fsp3) is 0.333.